The maximum absolute atomic E-state index is 13.1. The molecular formula is C27H30FN7O3. The Labute approximate surface area is 220 Å². The summed E-state index contributed by atoms with van der Waals surface area (Å²) in [5.41, 5.74) is 13.7. The predicted octanol–water partition coefficient (Wildman–Crippen LogP) is 2.14. The summed E-state index contributed by atoms with van der Waals surface area (Å²) in [6, 6.07) is 12.7. The molecule has 0 aromatic heterocycles. The van der Waals surface area contributed by atoms with E-state index in [1.54, 1.807) is 30.0 Å². The van der Waals surface area contributed by atoms with Crippen molar-refractivity contribution >= 4 is 34.5 Å². The molecule has 11 heteroatoms. The van der Waals surface area contributed by atoms with Gasteiger partial charge >= 0.3 is 0 Å². The Bertz CT molecular complexity index is 1320. The molecule has 1 heterocycles. The average molecular weight is 520 g/mol. The van der Waals surface area contributed by atoms with Gasteiger partial charge in [-0.15, -0.1) is 0 Å². The minimum absolute atomic E-state index is 0.128. The van der Waals surface area contributed by atoms with Crippen molar-refractivity contribution in [2.75, 3.05) is 36.4 Å². The third kappa shape index (κ3) is 6.61. The number of hydrogen-bond acceptors (Lipinski definition) is 9. The Kier molecular flexibility index (Phi) is 9.32. The van der Waals surface area contributed by atoms with E-state index >= 15 is 0 Å². The summed E-state index contributed by atoms with van der Waals surface area (Å²) in [7, 11) is 0. The van der Waals surface area contributed by atoms with Gasteiger partial charge in [-0.2, -0.15) is 5.26 Å². The van der Waals surface area contributed by atoms with Crippen molar-refractivity contribution in [3.05, 3.63) is 77.4 Å². The zero-order valence-electron chi connectivity index (χ0n) is 21.2. The number of carbonyl (C=O) groups is 2. The van der Waals surface area contributed by atoms with Gasteiger partial charge in [-0.25, -0.2) is 4.39 Å². The fourth-order valence-electron chi connectivity index (χ4n) is 4.10. The summed E-state index contributed by atoms with van der Waals surface area (Å²) < 4.78 is 13.1. The van der Waals surface area contributed by atoms with E-state index in [1.165, 1.54) is 31.2 Å². The second kappa shape index (κ2) is 12.6. The number of nitrogens with one attached hydrogen (secondary N) is 1. The largest absolute Gasteiger partial charge is 0.404 e. The number of nitrogens with two attached hydrogens (primary N) is 2. The number of nitrogens with zero attached hydrogens (tertiary/aromatic N) is 4. The maximum atomic E-state index is 13.1. The van der Waals surface area contributed by atoms with Gasteiger partial charge in [0.05, 0.1) is 33.8 Å². The molecule has 1 saturated heterocycles. The number of hydrogen-bond donors (Lipinski definition) is 4. The molecule has 198 valence electrons. The number of carbonyl (C=O) groups excluding carboxylic acids is 2. The molecule has 1 fully saturated rings. The zero-order chi connectivity index (χ0) is 27.8. The molecule has 1 aliphatic heterocycles. The lowest BCUT2D eigenvalue weighted by Crippen LogP contribution is -2.51. The van der Waals surface area contributed by atoms with Gasteiger partial charge in [-0.05, 0) is 56.3 Å². The SMILES string of the molecule is CC(=O)C(=CN)C(O)N1CCN(c2ccc(NC(=O)C(=CN)C(C)=Nc3ccc(F)cc3)cc2C#N)CC1. The van der Waals surface area contributed by atoms with Crippen LogP contribution in [0, 0.1) is 17.1 Å². The van der Waals surface area contributed by atoms with E-state index in [2.05, 4.69) is 16.4 Å². The summed E-state index contributed by atoms with van der Waals surface area (Å²) in [4.78, 5) is 32.6. The lowest BCUT2D eigenvalue weighted by atomic mass is 10.1. The van der Waals surface area contributed by atoms with Crippen LogP contribution >= 0.6 is 0 Å². The van der Waals surface area contributed by atoms with Crippen LogP contribution < -0.4 is 21.7 Å². The van der Waals surface area contributed by atoms with E-state index in [0.29, 0.717) is 54.5 Å². The van der Waals surface area contributed by atoms with Crippen LogP contribution in [0.15, 0.2) is 71.0 Å². The van der Waals surface area contributed by atoms with E-state index in [9.17, 15) is 24.3 Å². The Balaban J connectivity index is 1.69. The first kappa shape index (κ1) is 28.0. The topological polar surface area (TPSA) is 161 Å². The second-order valence-corrected chi connectivity index (χ2v) is 8.63. The van der Waals surface area contributed by atoms with Crippen LogP contribution in [0.25, 0.3) is 0 Å². The summed E-state index contributed by atoms with van der Waals surface area (Å²) in [5, 5.41) is 23.0. The monoisotopic (exact) mass is 519 g/mol. The lowest BCUT2D eigenvalue weighted by Gasteiger charge is -2.38. The minimum atomic E-state index is -1.09. The van der Waals surface area contributed by atoms with Gasteiger partial charge in [-0.3, -0.25) is 19.5 Å². The molecule has 38 heavy (non-hydrogen) atoms. The van der Waals surface area contributed by atoms with Gasteiger partial charge in [0.2, 0.25) is 0 Å². The quantitative estimate of drug-likeness (QED) is 0.305. The van der Waals surface area contributed by atoms with Gasteiger partial charge in [0.15, 0.2) is 5.78 Å². The standard InChI is InChI=1S/C27H30FN7O3/c1-17(32-21-5-3-20(28)4-6-21)23(15-30)26(37)33-22-7-8-25(19(13-22)14-29)34-9-11-35(12-10-34)27(38)24(16-31)18(2)36/h3-8,13,15-16,27,38H,9-12,30-31H2,1-2H3,(H,33,37). The van der Waals surface area contributed by atoms with Gasteiger partial charge in [0.25, 0.3) is 5.91 Å². The van der Waals surface area contributed by atoms with Crippen LogP contribution in [-0.2, 0) is 9.59 Å². The van der Waals surface area contributed by atoms with Crippen molar-refractivity contribution in [3.63, 3.8) is 0 Å². The van der Waals surface area contributed by atoms with Crippen molar-refractivity contribution in [3.8, 4) is 6.07 Å². The van der Waals surface area contributed by atoms with Crippen molar-refractivity contribution in [2.24, 2.45) is 16.5 Å². The fourth-order valence-corrected chi connectivity index (χ4v) is 4.10. The van der Waals surface area contributed by atoms with Crippen LogP contribution in [0.1, 0.15) is 19.4 Å². The molecule has 1 aliphatic rings. The molecule has 0 aliphatic carbocycles. The van der Waals surface area contributed by atoms with Crippen LogP contribution in [0.3, 0.4) is 0 Å². The predicted molar refractivity (Wildman–Crippen MR) is 144 cm³/mol. The molecule has 2 aromatic rings. The molecule has 3 rings (SSSR count). The van der Waals surface area contributed by atoms with Crippen molar-refractivity contribution in [1.82, 2.24) is 4.90 Å². The number of benzene rings is 2. The smallest absolute Gasteiger partial charge is 0.258 e. The van der Waals surface area contributed by atoms with E-state index in [4.69, 9.17) is 11.5 Å². The first-order valence-electron chi connectivity index (χ1n) is 11.9. The number of aliphatic imine (C=N–C) groups is 1. The van der Waals surface area contributed by atoms with E-state index < -0.39 is 18.0 Å². The summed E-state index contributed by atoms with van der Waals surface area (Å²) >= 11 is 0. The van der Waals surface area contributed by atoms with Gasteiger partial charge in [0.1, 0.15) is 18.1 Å². The molecule has 0 bridgehead atoms. The Morgan fingerprint density at radius 3 is 2.32 bits per heavy atom. The summed E-state index contributed by atoms with van der Waals surface area (Å²) in [6.07, 6.45) is 1.18. The Morgan fingerprint density at radius 1 is 1.11 bits per heavy atom. The molecule has 10 nitrogen and oxygen atoms in total. The highest BCUT2D eigenvalue weighted by atomic mass is 19.1. The van der Waals surface area contributed by atoms with Crippen molar-refractivity contribution in [1.29, 1.82) is 5.26 Å². The Morgan fingerprint density at radius 2 is 1.76 bits per heavy atom. The molecule has 1 amide bonds. The number of amides is 1. The summed E-state index contributed by atoms with van der Waals surface area (Å²) in [6.45, 7) is 4.88. The van der Waals surface area contributed by atoms with Crippen LogP contribution in [0.4, 0.5) is 21.5 Å². The number of nitriles is 1. The molecule has 0 saturated carbocycles. The average Bonchev–Trinajstić information content (AvgIpc) is 2.90. The highest BCUT2D eigenvalue weighted by molar-refractivity contribution is 6.25. The highest BCUT2D eigenvalue weighted by Gasteiger charge is 2.27. The third-order valence-electron chi connectivity index (χ3n) is 6.16. The molecule has 1 unspecified atom stereocenters. The maximum Gasteiger partial charge on any atom is 0.258 e. The number of halogens is 1. The molecule has 6 N–H and O–H groups in total. The number of aliphatic hydroxyl groups is 1. The normalized spacial score (nSPS) is 16.1. The number of aliphatic hydroxyl groups excluding tert-OH is 1. The molecule has 0 radical (unpaired) electrons. The Hall–Kier alpha value is -4.53. The van der Waals surface area contributed by atoms with Crippen LogP contribution in [0.5, 0.6) is 0 Å². The van der Waals surface area contributed by atoms with Gasteiger partial charge < -0.3 is 26.8 Å². The lowest BCUT2D eigenvalue weighted by molar-refractivity contribution is -0.116. The molecule has 2 aromatic carbocycles. The molecular weight excluding hydrogens is 489 g/mol. The van der Waals surface area contributed by atoms with Gasteiger partial charge in [-0.1, -0.05) is 0 Å². The third-order valence-corrected chi connectivity index (χ3v) is 6.16. The number of Topliss-reactive ketones (excluding diaryl/α,β-unsaturated/α-hetero) is 1. The molecule has 1 atom stereocenters. The zero-order valence-corrected chi connectivity index (χ0v) is 21.2. The van der Waals surface area contributed by atoms with Gasteiger partial charge in [0, 0.05) is 44.3 Å². The number of ketones is 1. The van der Waals surface area contributed by atoms with E-state index in [0.717, 1.165) is 12.4 Å². The first-order chi connectivity index (χ1) is 18.2. The van der Waals surface area contributed by atoms with Crippen molar-refractivity contribution < 1.29 is 19.1 Å². The minimum Gasteiger partial charge on any atom is -0.404 e. The highest BCUT2D eigenvalue weighted by Crippen LogP contribution is 2.26. The fraction of sp³-hybridized carbons (Fsp3) is 0.259. The number of piperazine rings is 1. The second-order valence-electron chi connectivity index (χ2n) is 8.63. The first-order valence-corrected chi connectivity index (χ1v) is 11.9. The van der Waals surface area contributed by atoms with Crippen molar-refractivity contribution in [2.45, 2.75) is 20.1 Å². The van der Waals surface area contributed by atoms with Crippen LogP contribution in [-0.4, -0.2) is 59.8 Å². The molecule has 0 spiro atoms. The van der Waals surface area contributed by atoms with E-state index in [1.807, 2.05) is 4.90 Å². The number of anilines is 2. The summed E-state index contributed by atoms with van der Waals surface area (Å²) in [5.74, 6) is -1.20. The van der Waals surface area contributed by atoms with E-state index in [-0.39, 0.29) is 16.9 Å². The number of rotatable bonds is 8. The van der Waals surface area contributed by atoms with Crippen LogP contribution in [0.2, 0.25) is 0 Å².